The van der Waals surface area contributed by atoms with Gasteiger partial charge < -0.3 is 10.1 Å². The summed E-state index contributed by atoms with van der Waals surface area (Å²) in [7, 11) is 1.37. The summed E-state index contributed by atoms with van der Waals surface area (Å²) in [6.45, 7) is 0. The summed E-state index contributed by atoms with van der Waals surface area (Å²) in [6, 6.07) is 3.71. The number of methoxy groups -OCH3 is 1. The van der Waals surface area contributed by atoms with E-state index in [-0.39, 0.29) is 18.6 Å². The fraction of sp³-hybridized carbons (Fsp3) is 0.300. The Bertz CT molecular complexity index is 473. The summed E-state index contributed by atoms with van der Waals surface area (Å²) in [5.41, 5.74) is 0.885. The number of hydrogen-bond acceptors (Lipinski definition) is 7. The van der Waals surface area contributed by atoms with Crippen LogP contribution in [0.3, 0.4) is 0 Å². The number of nitrogens with two attached hydrogens (primary N) is 1. The van der Waals surface area contributed by atoms with E-state index in [2.05, 4.69) is 14.8 Å². The molecule has 98 valence electrons. The van der Waals surface area contributed by atoms with Crippen LogP contribution in [0.15, 0.2) is 21.9 Å². The van der Waals surface area contributed by atoms with E-state index in [1.54, 1.807) is 0 Å². The average molecular weight is 306 g/mol. The molecule has 1 unspecified atom stereocenters. The normalized spacial score (nSPS) is 17.8. The highest BCUT2D eigenvalue weighted by Crippen LogP contribution is 2.37. The molecule has 0 aromatic heterocycles. The molecule has 1 aliphatic rings. The minimum absolute atomic E-state index is 0.178. The summed E-state index contributed by atoms with van der Waals surface area (Å²) >= 11 is 8.63. The van der Waals surface area contributed by atoms with Gasteiger partial charge in [0.05, 0.1) is 30.4 Å². The minimum Gasteiger partial charge on any atom is -0.469 e. The first-order chi connectivity index (χ1) is 8.63. The Labute approximate surface area is 118 Å². The second-order valence-corrected chi connectivity index (χ2v) is 5.56. The van der Waals surface area contributed by atoms with Crippen molar-refractivity contribution in [2.75, 3.05) is 12.4 Å². The van der Waals surface area contributed by atoms with Crippen LogP contribution in [0.1, 0.15) is 6.42 Å². The van der Waals surface area contributed by atoms with Crippen LogP contribution in [0.25, 0.3) is 0 Å². The molecular formula is C10H12ClN3O2S2. The highest BCUT2D eigenvalue weighted by molar-refractivity contribution is 7.98. The number of carbonyl (C=O) groups is 1. The van der Waals surface area contributed by atoms with E-state index in [0.717, 1.165) is 27.4 Å². The maximum Gasteiger partial charge on any atom is 0.309 e. The third-order valence-electron chi connectivity index (χ3n) is 2.40. The van der Waals surface area contributed by atoms with Crippen LogP contribution < -0.4 is 15.2 Å². The molecule has 0 bridgehead atoms. The standard InChI is InChI=1S/C10H12ClN3O2S2/c1-16-10(15)4-9-13-6-2-5(11)7(17-12)3-8(6)18-14-9/h2-3,9,13-14H,4,12H2,1H3. The van der Waals surface area contributed by atoms with Gasteiger partial charge in [0, 0.05) is 9.79 Å². The molecule has 0 amide bonds. The first-order valence-electron chi connectivity index (χ1n) is 5.10. The lowest BCUT2D eigenvalue weighted by atomic mass is 10.2. The summed E-state index contributed by atoms with van der Waals surface area (Å²) in [6.07, 6.45) is 0.0657. The molecule has 1 heterocycles. The van der Waals surface area contributed by atoms with Crippen molar-refractivity contribution in [2.45, 2.75) is 22.4 Å². The summed E-state index contributed by atoms with van der Waals surface area (Å²) in [4.78, 5) is 13.0. The van der Waals surface area contributed by atoms with Gasteiger partial charge in [-0.1, -0.05) is 11.6 Å². The molecule has 0 saturated heterocycles. The van der Waals surface area contributed by atoms with Crippen LogP contribution in [0.5, 0.6) is 0 Å². The Kier molecular flexibility index (Phi) is 4.63. The van der Waals surface area contributed by atoms with E-state index in [4.69, 9.17) is 16.7 Å². The summed E-state index contributed by atoms with van der Waals surface area (Å²) in [5, 5.41) is 9.29. The predicted molar refractivity (Wildman–Crippen MR) is 74.5 cm³/mol. The van der Waals surface area contributed by atoms with E-state index in [9.17, 15) is 4.79 Å². The Morgan fingerprint density at radius 1 is 1.67 bits per heavy atom. The largest absolute Gasteiger partial charge is 0.469 e. The van der Waals surface area contributed by atoms with Gasteiger partial charge in [-0.15, -0.1) is 0 Å². The van der Waals surface area contributed by atoms with Gasteiger partial charge in [0.1, 0.15) is 0 Å². The fourth-order valence-electron chi connectivity index (χ4n) is 1.52. The molecule has 0 radical (unpaired) electrons. The first kappa shape index (κ1) is 13.8. The number of ether oxygens (including phenoxy) is 1. The minimum atomic E-state index is -0.274. The van der Waals surface area contributed by atoms with Crippen molar-refractivity contribution in [1.29, 1.82) is 0 Å². The molecule has 0 fully saturated rings. The van der Waals surface area contributed by atoms with Crippen LogP contribution in [0.2, 0.25) is 5.02 Å². The Morgan fingerprint density at radius 2 is 2.44 bits per heavy atom. The maximum atomic E-state index is 11.2. The van der Waals surface area contributed by atoms with Crippen molar-refractivity contribution in [1.82, 2.24) is 4.72 Å². The third-order valence-corrected chi connectivity index (χ3v) is 4.38. The van der Waals surface area contributed by atoms with Gasteiger partial charge in [0.25, 0.3) is 0 Å². The number of rotatable bonds is 3. The van der Waals surface area contributed by atoms with Gasteiger partial charge in [0.2, 0.25) is 0 Å². The lowest BCUT2D eigenvalue weighted by Crippen LogP contribution is -2.37. The number of benzene rings is 1. The van der Waals surface area contributed by atoms with Crippen LogP contribution in [0.4, 0.5) is 5.69 Å². The van der Waals surface area contributed by atoms with E-state index in [1.807, 2.05) is 12.1 Å². The van der Waals surface area contributed by atoms with Gasteiger partial charge in [0.15, 0.2) is 0 Å². The lowest BCUT2D eigenvalue weighted by molar-refractivity contribution is -0.140. The van der Waals surface area contributed by atoms with E-state index >= 15 is 0 Å². The van der Waals surface area contributed by atoms with Crippen molar-refractivity contribution in [3.05, 3.63) is 17.2 Å². The number of anilines is 1. The number of nitrogens with one attached hydrogen (secondary N) is 2. The monoisotopic (exact) mass is 305 g/mol. The van der Waals surface area contributed by atoms with E-state index in [0.29, 0.717) is 5.02 Å². The van der Waals surface area contributed by atoms with Gasteiger partial charge >= 0.3 is 5.97 Å². The molecule has 4 N–H and O–H groups in total. The second-order valence-electron chi connectivity index (χ2n) is 3.59. The fourth-order valence-corrected chi connectivity index (χ4v) is 3.06. The second kappa shape index (κ2) is 6.03. The van der Waals surface area contributed by atoms with Gasteiger partial charge in [-0.25, -0.2) is 4.72 Å². The Hall–Kier alpha value is -0.600. The molecule has 5 nitrogen and oxygen atoms in total. The van der Waals surface area contributed by atoms with Crippen LogP contribution >= 0.6 is 35.5 Å². The van der Waals surface area contributed by atoms with Crippen molar-refractivity contribution in [2.24, 2.45) is 5.14 Å². The highest BCUT2D eigenvalue weighted by Gasteiger charge is 2.21. The Morgan fingerprint density at radius 3 is 3.11 bits per heavy atom. The topological polar surface area (TPSA) is 76.4 Å². The summed E-state index contributed by atoms with van der Waals surface area (Å²) < 4.78 is 7.75. The molecule has 18 heavy (non-hydrogen) atoms. The molecular weight excluding hydrogens is 294 g/mol. The molecule has 8 heteroatoms. The SMILES string of the molecule is COC(=O)CC1NSc2cc(SN)c(Cl)cc2N1. The average Bonchev–Trinajstić information content (AvgIpc) is 2.37. The molecule has 0 saturated carbocycles. The van der Waals surface area contributed by atoms with Gasteiger partial charge in [-0.3, -0.25) is 9.93 Å². The zero-order valence-electron chi connectivity index (χ0n) is 9.53. The number of carbonyl (C=O) groups excluding carboxylic acids is 1. The van der Waals surface area contributed by atoms with Crippen LogP contribution in [-0.4, -0.2) is 19.2 Å². The molecule has 1 atom stereocenters. The van der Waals surface area contributed by atoms with Crippen LogP contribution in [0, 0.1) is 0 Å². The van der Waals surface area contributed by atoms with Crippen molar-refractivity contribution >= 4 is 47.2 Å². The third kappa shape index (κ3) is 3.04. The Balaban J connectivity index is 2.14. The highest BCUT2D eigenvalue weighted by atomic mass is 35.5. The molecule has 1 aromatic rings. The zero-order chi connectivity index (χ0) is 13.1. The number of esters is 1. The quantitative estimate of drug-likeness (QED) is 0.584. The number of hydrogen-bond donors (Lipinski definition) is 3. The molecule has 1 aliphatic heterocycles. The van der Waals surface area contributed by atoms with E-state index in [1.165, 1.54) is 19.1 Å². The molecule has 0 aliphatic carbocycles. The molecule has 1 aromatic carbocycles. The number of fused-ring (bicyclic) bond motifs is 1. The molecule has 0 spiro atoms. The number of halogens is 1. The van der Waals surface area contributed by atoms with Gasteiger partial charge in [-0.05, 0) is 36.0 Å². The van der Waals surface area contributed by atoms with Gasteiger partial charge in [-0.2, -0.15) is 0 Å². The van der Waals surface area contributed by atoms with Crippen molar-refractivity contribution < 1.29 is 9.53 Å². The summed E-state index contributed by atoms with van der Waals surface area (Å²) in [5.74, 6) is -0.274. The molecule has 2 rings (SSSR count). The van der Waals surface area contributed by atoms with Crippen LogP contribution in [-0.2, 0) is 9.53 Å². The van der Waals surface area contributed by atoms with Crippen molar-refractivity contribution in [3.8, 4) is 0 Å². The van der Waals surface area contributed by atoms with Crippen molar-refractivity contribution in [3.63, 3.8) is 0 Å². The lowest BCUT2D eigenvalue weighted by Gasteiger charge is -2.27. The first-order valence-corrected chi connectivity index (χ1v) is 7.17. The maximum absolute atomic E-state index is 11.2. The predicted octanol–water partition coefficient (Wildman–Crippen LogP) is 2.22. The smallest absolute Gasteiger partial charge is 0.309 e. The van der Waals surface area contributed by atoms with E-state index < -0.39 is 0 Å². The zero-order valence-corrected chi connectivity index (χ0v) is 11.9.